The summed E-state index contributed by atoms with van der Waals surface area (Å²) in [5, 5.41) is 0. The molecule has 1 aliphatic heterocycles. The van der Waals surface area contributed by atoms with Gasteiger partial charge in [-0.15, -0.1) is 0 Å². The second-order valence-electron chi connectivity index (χ2n) is 4.94. The van der Waals surface area contributed by atoms with Crippen molar-refractivity contribution in [2.45, 2.75) is 84.2 Å². The summed E-state index contributed by atoms with van der Waals surface area (Å²) in [4.78, 5) is 0. The molecular formula is C13H26O2. The molecule has 2 atom stereocenters. The van der Waals surface area contributed by atoms with Gasteiger partial charge in [-0.2, -0.15) is 0 Å². The monoisotopic (exact) mass is 214 g/mol. The molecule has 1 fully saturated rings. The lowest BCUT2D eigenvalue weighted by Gasteiger charge is -2.23. The summed E-state index contributed by atoms with van der Waals surface area (Å²) < 4.78 is 11.7. The van der Waals surface area contributed by atoms with Crippen molar-refractivity contribution in [3.63, 3.8) is 0 Å². The fourth-order valence-corrected chi connectivity index (χ4v) is 2.17. The fraction of sp³-hybridized carbons (Fsp3) is 1.00. The normalized spacial score (nSPS) is 36.0. The summed E-state index contributed by atoms with van der Waals surface area (Å²) in [5.41, 5.74) is 0. The zero-order valence-electron chi connectivity index (χ0n) is 10.7. The molecule has 0 spiro atoms. The van der Waals surface area contributed by atoms with Crippen LogP contribution in [0.5, 0.6) is 0 Å². The van der Waals surface area contributed by atoms with E-state index in [1.54, 1.807) is 0 Å². The van der Waals surface area contributed by atoms with Crippen molar-refractivity contribution in [1.29, 1.82) is 0 Å². The van der Waals surface area contributed by atoms with Crippen LogP contribution in [-0.2, 0) is 9.47 Å². The Kier molecular flexibility index (Phi) is 5.07. The van der Waals surface area contributed by atoms with Crippen molar-refractivity contribution in [3.05, 3.63) is 0 Å². The van der Waals surface area contributed by atoms with Crippen LogP contribution in [0.25, 0.3) is 0 Å². The second-order valence-corrected chi connectivity index (χ2v) is 4.94. The number of unbranched alkanes of at least 4 members (excludes halogenated alkanes) is 4. The van der Waals surface area contributed by atoms with Crippen molar-refractivity contribution < 1.29 is 9.47 Å². The maximum absolute atomic E-state index is 5.85. The highest BCUT2D eigenvalue weighted by molar-refractivity contribution is 4.78. The lowest BCUT2D eigenvalue weighted by Crippen LogP contribution is -2.26. The van der Waals surface area contributed by atoms with Gasteiger partial charge >= 0.3 is 0 Å². The van der Waals surface area contributed by atoms with E-state index in [0.29, 0.717) is 0 Å². The highest BCUT2D eigenvalue weighted by atomic mass is 16.7. The van der Waals surface area contributed by atoms with E-state index in [1.807, 2.05) is 0 Å². The zero-order chi connectivity index (χ0) is 11.3. The Morgan fingerprint density at radius 1 is 0.933 bits per heavy atom. The van der Waals surface area contributed by atoms with Crippen LogP contribution in [0.3, 0.4) is 0 Å². The molecule has 2 heteroatoms. The molecule has 0 amide bonds. The SMILES string of the molecule is CCCCCCCC1(C)OC(C)C(C)O1. The van der Waals surface area contributed by atoms with Gasteiger partial charge in [0.1, 0.15) is 0 Å². The molecule has 0 aromatic heterocycles. The minimum atomic E-state index is -0.314. The molecule has 0 aliphatic carbocycles. The van der Waals surface area contributed by atoms with Crippen LogP contribution >= 0.6 is 0 Å². The van der Waals surface area contributed by atoms with Gasteiger partial charge in [0.15, 0.2) is 5.79 Å². The van der Waals surface area contributed by atoms with Crippen LogP contribution in [0, 0.1) is 0 Å². The van der Waals surface area contributed by atoms with E-state index in [9.17, 15) is 0 Å². The van der Waals surface area contributed by atoms with E-state index in [4.69, 9.17) is 9.47 Å². The predicted molar refractivity (Wildman–Crippen MR) is 62.9 cm³/mol. The van der Waals surface area contributed by atoms with Crippen molar-refractivity contribution in [2.75, 3.05) is 0 Å². The molecule has 0 aromatic rings. The van der Waals surface area contributed by atoms with Gasteiger partial charge in [-0.25, -0.2) is 0 Å². The Morgan fingerprint density at radius 2 is 1.47 bits per heavy atom. The van der Waals surface area contributed by atoms with Gasteiger partial charge in [0.2, 0.25) is 0 Å². The molecule has 0 aromatic carbocycles. The first-order valence-corrected chi connectivity index (χ1v) is 6.43. The second kappa shape index (κ2) is 5.86. The lowest BCUT2D eigenvalue weighted by atomic mass is 10.1. The van der Waals surface area contributed by atoms with Crippen molar-refractivity contribution in [1.82, 2.24) is 0 Å². The molecule has 0 radical (unpaired) electrons. The Labute approximate surface area is 94.3 Å². The number of hydrogen-bond acceptors (Lipinski definition) is 2. The first-order chi connectivity index (χ1) is 7.07. The van der Waals surface area contributed by atoms with Gasteiger partial charge in [0, 0.05) is 6.42 Å². The summed E-state index contributed by atoms with van der Waals surface area (Å²) in [7, 11) is 0. The average Bonchev–Trinajstić information content (AvgIpc) is 2.41. The van der Waals surface area contributed by atoms with E-state index >= 15 is 0 Å². The van der Waals surface area contributed by atoms with Crippen LogP contribution in [0.15, 0.2) is 0 Å². The van der Waals surface area contributed by atoms with E-state index in [-0.39, 0.29) is 18.0 Å². The zero-order valence-corrected chi connectivity index (χ0v) is 10.7. The first-order valence-electron chi connectivity index (χ1n) is 6.43. The third kappa shape index (κ3) is 4.12. The topological polar surface area (TPSA) is 18.5 Å². The summed E-state index contributed by atoms with van der Waals surface area (Å²) in [5.74, 6) is -0.314. The van der Waals surface area contributed by atoms with Gasteiger partial charge in [0.25, 0.3) is 0 Å². The van der Waals surface area contributed by atoms with E-state index in [0.717, 1.165) is 6.42 Å². The van der Waals surface area contributed by atoms with E-state index < -0.39 is 0 Å². The number of ether oxygens (including phenoxy) is 2. The predicted octanol–water partition coefficient (Wildman–Crippen LogP) is 3.89. The van der Waals surface area contributed by atoms with Crippen molar-refractivity contribution >= 4 is 0 Å². The van der Waals surface area contributed by atoms with Gasteiger partial charge in [-0.1, -0.05) is 32.6 Å². The highest BCUT2D eigenvalue weighted by Gasteiger charge is 2.39. The minimum Gasteiger partial charge on any atom is -0.345 e. The van der Waals surface area contributed by atoms with Crippen LogP contribution in [0.1, 0.15) is 66.2 Å². The average molecular weight is 214 g/mol. The molecule has 1 saturated heterocycles. The summed E-state index contributed by atoms with van der Waals surface area (Å²) >= 11 is 0. The van der Waals surface area contributed by atoms with Crippen LogP contribution < -0.4 is 0 Å². The van der Waals surface area contributed by atoms with Gasteiger partial charge in [0.05, 0.1) is 12.2 Å². The molecule has 90 valence electrons. The Hall–Kier alpha value is -0.0800. The maximum Gasteiger partial charge on any atom is 0.166 e. The van der Waals surface area contributed by atoms with Crippen molar-refractivity contribution in [3.8, 4) is 0 Å². The van der Waals surface area contributed by atoms with Crippen LogP contribution in [0.2, 0.25) is 0 Å². The third-order valence-corrected chi connectivity index (χ3v) is 3.27. The Bertz CT molecular complexity index is 169. The maximum atomic E-state index is 5.85. The van der Waals surface area contributed by atoms with Crippen molar-refractivity contribution in [2.24, 2.45) is 0 Å². The third-order valence-electron chi connectivity index (χ3n) is 3.27. The minimum absolute atomic E-state index is 0.241. The van der Waals surface area contributed by atoms with Gasteiger partial charge in [-0.3, -0.25) is 0 Å². The molecule has 15 heavy (non-hydrogen) atoms. The largest absolute Gasteiger partial charge is 0.345 e. The quantitative estimate of drug-likeness (QED) is 0.625. The lowest BCUT2D eigenvalue weighted by molar-refractivity contribution is -0.164. The summed E-state index contributed by atoms with van der Waals surface area (Å²) in [6.07, 6.45) is 8.04. The molecule has 1 heterocycles. The van der Waals surface area contributed by atoms with Crippen LogP contribution in [0.4, 0.5) is 0 Å². The first kappa shape index (κ1) is 13.0. The molecule has 1 aliphatic rings. The Morgan fingerprint density at radius 3 is 2.00 bits per heavy atom. The van der Waals surface area contributed by atoms with Crippen LogP contribution in [-0.4, -0.2) is 18.0 Å². The molecule has 0 saturated carbocycles. The molecule has 0 N–H and O–H groups in total. The molecule has 1 rings (SSSR count). The van der Waals surface area contributed by atoms with E-state index in [1.165, 1.54) is 32.1 Å². The molecular weight excluding hydrogens is 188 g/mol. The highest BCUT2D eigenvalue weighted by Crippen LogP contribution is 2.32. The summed E-state index contributed by atoms with van der Waals surface area (Å²) in [6.45, 7) is 8.50. The molecule has 0 bridgehead atoms. The van der Waals surface area contributed by atoms with Gasteiger partial charge < -0.3 is 9.47 Å². The molecule has 2 nitrogen and oxygen atoms in total. The number of hydrogen-bond donors (Lipinski definition) is 0. The fourth-order valence-electron chi connectivity index (χ4n) is 2.17. The summed E-state index contributed by atoms with van der Waals surface area (Å²) in [6, 6.07) is 0. The smallest absolute Gasteiger partial charge is 0.166 e. The molecule has 2 unspecified atom stereocenters. The number of rotatable bonds is 6. The Balaban J connectivity index is 2.15. The van der Waals surface area contributed by atoms with E-state index in [2.05, 4.69) is 27.7 Å². The van der Waals surface area contributed by atoms with Gasteiger partial charge in [-0.05, 0) is 27.2 Å². The standard InChI is InChI=1S/C13H26O2/c1-5-6-7-8-9-10-13(4)14-11(2)12(3)15-13/h11-12H,5-10H2,1-4H3.